The second kappa shape index (κ2) is 2.90. The maximum atomic E-state index is 10.8. The highest BCUT2D eigenvalue weighted by Gasteiger charge is 2.42. The lowest BCUT2D eigenvalue weighted by atomic mass is 9.91. The third-order valence-corrected chi connectivity index (χ3v) is 2.22. The third-order valence-electron chi connectivity index (χ3n) is 2.22. The normalized spacial score (nSPS) is 31.4. The third kappa shape index (κ3) is 1.50. The lowest BCUT2D eigenvalue weighted by Crippen LogP contribution is -2.39. The quantitative estimate of drug-likeness (QED) is 0.497. The Morgan fingerprint density at radius 3 is 2.75 bits per heavy atom. The molecule has 1 aliphatic rings. The largest absolute Gasteiger partial charge is 0.456 e. The van der Waals surface area contributed by atoms with Crippen molar-refractivity contribution in [2.75, 3.05) is 0 Å². The van der Waals surface area contributed by atoms with E-state index in [1.54, 1.807) is 13.8 Å². The van der Waals surface area contributed by atoms with E-state index in [1.807, 2.05) is 0 Å². The van der Waals surface area contributed by atoms with Crippen molar-refractivity contribution in [2.24, 2.45) is 0 Å². The molecule has 0 radical (unpaired) electrons. The van der Waals surface area contributed by atoms with Crippen LogP contribution in [0.3, 0.4) is 0 Å². The van der Waals surface area contributed by atoms with E-state index in [2.05, 4.69) is 6.58 Å². The number of cyclic esters (lactones) is 1. The fraction of sp³-hybridized carbons (Fsp3) is 0.667. The van der Waals surface area contributed by atoms with Crippen LogP contribution in [0.2, 0.25) is 0 Å². The Balaban J connectivity index is 2.72. The van der Waals surface area contributed by atoms with Crippen LogP contribution in [0.25, 0.3) is 0 Å². The van der Waals surface area contributed by atoms with Crippen molar-refractivity contribution in [1.82, 2.24) is 0 Å². The molecule has 0 aromatic carbocycles. The predicted molar refractivity (Wildman–Crippen MR) is 44.6 cm³/mol. The summed E-state index contributed by atoms with van der Waals surface area (Å²) in [6.45, 7) is 7.09. The van der Waals surface area contributed by atoms with E-state index in [1.165, 1.54) is 0 Å². The molecular weight excluding hydrogens is 156 g/mol. The molecule has 1 fully saturated rings. The fourth-order valence-electron chi connectivity index (χ4n) is 1.43. The second-order valence-corrected chi connectivity index (χ2v) is 3.54. The van der Waals surface area contributed by atoms with Gasteiger partial charge in [-0.2, -0.15) is 0 Å². The Labute approximate surface area is 72.0 Å². The molecule has 68 valence electrons. The molecule has 0 aromatic rings. The lowest BCUT2D eigenvalue weighted by Gasteiger charge is -2.28. The molecule has 3 heteroatoms. The summed E-state index contributed by atoms with van der Waals surface area (Å²) in [7, 11) is 0. The first kappa shape index (κ1) is 9.26. The van der Waals surface area contributed by atoms with E-state index in [4.69, 9.17) is 4.74 Å². The highest BCUT2D eigenvalue weighted by Crippen LogP contribution is 2.31. The predicted octanol–water partition coefficient (Wildman–Crippen LogP) is 1.02. The van der Waals surface area contributed by atoms with Gasteiger partial charge in [-0.25, -0.2) is 0 Å². The minimum absolute atomic E-state index is 0.238. The number of carbonyl (C=O) groups is 1. The zero-order valence-corrected chi connectivity index (χ0v) is 7.46. The zero-order valence-electron chi connectivity index (χ0n) is 7.46. The molecule has 1 N–H and O–H groups in total. The molecule has 2 atom stereocenters. The van der Waals surface area contributed by atoms with Gasteiger partial charge in [0.15, 0.2) is 0 Å². The van der Waals surface area contributed by atoms with Crippen LogP contribution in [0, 0.1) is 0 Å². The molecule has 1 saturated heterocycles. The Morgan fingerprint density at radius 2 is 2.42 bits per heavy atom. The topological polar surface area (TPSA) is 46.5 Å². The van der Waals surface area contributed by atoms with Gasteiger partial charge in [-0.05, 0) is 19.4 Å². The van der Waals surface area contributed by atoms with Gasteiger partial charge in [-0.15, -0.1) is 0 Å². The number of aliphatic hydroxyl groups excluding tert-OH is 1. The number of hydrogen-bond donors (Lipinski definition) is 1. The van der Waals surface area contributed by atoms with Crippen LogP contribution in [0.4, 0.5) is 0 Å². The first-order valence-electron chi connectivity index (χ1n) is 4.01. The van der Waals surface area contributed by atoms with Gasteiger partial charge in [-0.1, -0.05) is 6.58 Å². The molecule has 0 bridgehead atoms. The van der Waals surface area contributed by atoms with Crippen molar-refractivity contribution in [3.05, 3.63) is 12.2 Å². The van der Waals surface area contributed by atoms with Crippen LogP contribution in [0.5, 0.6) is 0 Å². The van der Waals surface area contributed by atoms with E-state index in [-0.39, 0.29) is 5.97 Å². The van der Waals surface area contributed by atoms with Crippen LogP contribution >= 0.6 is 0 Å². The number of rotatable bonds is 2. The number of hydrogen-bond acceptors (Lipinski definition) is 3. The molecule has 1 heterocycles. The standard InChI is InChI=1S/C9H14O3/c1-6(2)8(11)9(3)5-4-7(10)12-9/h8,11H,1,4-5H2,2-3H3/t8?,9-/m1/s1. The van der Waals surface area contributed by atoms with E-state index >= 15 is 0 Å². The number of carbonyl (C=O) groups excluding carboxylic acids is 1. The van der Waals surface area contributed by atoms with Crippen molar-refractivity contribution in [3.8, 4) is 0 Å². The zero-order chi connectivity index (χ0) is 9.35. The molecule has 1 unspecified atom stereocenters. The van der Waals surface area contributed by atoms with E-state index < -0.39 is 11.7 Å². The van der Waals surface area contributed by atoms with E-state index in [9.17, 15) is 9.90 Å². The van der Waals surface area contributed by atoms with Gasteiger partial charge >= 0.3 is 5.97 Å². The summed E-state index contributed by atoms with van der Waals surface area (Å²) < 4.78 is 5.02. The number of esters is 1. The van der Waals surface area contributed by atoms with Crippen molar-refractivity contribution in [2.45, 2.75) is 38.4 Å². The monoisotopic (exact) mass is 170 g/mol. The molecule has 3 nitrogen and oxygen atoms in total. The minimum Gasteiger partial charge on any atom is -0.456 e. The van der Waals surface area contributed by atoms with Crippen molar-refractivity contribution in [1.29, 1.82) is 0 Å². The fourth-order valence-corrected chi connectivity index (χ4v) is 1.43. The van der Waals surface area contributed by atoms with Crippen molar-refractivity contribution in [3.63, 3.8) is 0 Å². The molecule has 1 aliphatic heterocycles. The maximum Gasteiger partial charge on any atom is 0.306 e. The second-order valence-electron chi connectivity index (χ2n) is 3.54. The molecular formula is C9H14O3. The maximum absolute atomic E-state index is 10.8. The van der Waals surface area contributed by atoms with Gasteiger partial charge in [0.1, 0.15) is 11.7 Å². The molecule has 0 saturated carbocycles. The summed E-state index contributed by atoms with van der Waals surface area (Å²) in [5.41, 5.74) is -0.115. The molecule has 0 aliphatic carbocycles. The first-order chi connectivity index (χ1) is 5.46. The molecule has 0 amide bonds. The van der Waals surface area contributed by atoms with Crippen LogP contribution in [0.1, 0.15) is 26.7 Å². The summed E-state index contributed by atoms with van der Waals surface area (Å²) in [6, 6.07) is 0. The summed E-state index contributed by atoms with van der Waals surface area (Å²) >= 11 is 0. The Bertz CT molecular complexity index is 222. The molecule has 0 aromatic heterocycles. The first-order valence-corrected chi connectivity index (χ1v) is 4.01. The Hall–Kier alpha value is -0.830. The van der Waals surface area contributed by atoms with Gasteiger partial charge in [0, 0.05) is 12.8 Å². The van der Waals surface area contributed by atoms with Gasteiger partial charge in [0.2, 0.25) is 0 Å². The smallest absolute Gasteiger partial charge is 0.306 e. The SMILES string of the molecule is C=C(C)C(O)[C@@]1(C)CCC(=O)O1. The summed E-state index contributed by atoms with van der Waals surface area (Å²) in [6.07, 6.45) is 0.213. The molecule has 12 heavy (non-hydrogen) atoms. The number of ether oxygens (including phenoxy) is 1. The highest BCUT2D eigenvalue weighted by atomic mass is 16.6. The van der Waals surface area contributed by atoms with Gasteiger partial charge in [0.25, 0.3) is 0 Å². The average molecular weight is 170 g/mol. The van der Waals surface area contributed by atoms with Gasteiger partial charge in [-0.3, -0.25) is 4.79 Å². The van der Waals surface area contributed by atoms with Crippen molar-refractivity contribution < 1.29 is 14.6 Å². The average Bonchev–Trinajstić information content (AvgIpc) is 2.31. The van der Waals surface area contributed by atoms with E-state index in [0.717, 1.165) is 0 Å². The Morgan fingerprint density at radius 1 is 1.83 bits per heavy atom. The van der Waals surface area contributed by atoms with Crippen molar-refractivity contribution >= 4 is 5.97 Å². The van der Waals surface area contributed by atoms with Gasteiger partial charge < -0.3 is 9.84 Å². The van der Waals surface area contributed by atoms with Crippen LogP contribution in [-0.2, 0) is 9.53 Å². The van der Waals surface area contributed by atoms with Crippen LogP contribution in [0.15, 0.2) is 12.2 Å². The Kier molecular flexibility index (Phi) is 2.24. The summed E-state index contributed by atoms with van der Waals surface area (Å²) in [5.74, 6) is -0.238. The van der Waals surface area contributed by atoms with Crippen LogP contribution < -0.4 is 0 Å². The van der Waals surface area contributed by atoms with Crippen LogP contribution in [-0.4, -0.2) is 22.8 Å². The molecule has 1 rings (SSSR count). The number of aliphatic hydroxyl groups is 1. The lowest BCUT2D eigenvalue weighted by molar-refractivity contribution is -0.153. The molecule has 0 spiro atoms. The summed E-state index contributed by atoms with van der Waals surface area (Å²) in [5, 5.41) is 9.63. The highest BCUT2D eigenvalue weighted by molar-refractivity contribution is 5.72. The minimum atomic E-state index is -0.747. The van der Waals surface area contributed by atoms with Gasteiger partial charge in [0.05, 0.1) is 0 Å². The van der Waals surface area contributed by atoms with E-state index in [0.29, 0.717) is 18.4 Å². The summed E-state index contributed by atoms with van der Waals surface area (Å²) in [4.78, 5) is 10.8.